The maximum Gasteiger partial charge on any atom is 0.243 e. The number of likely N-dealkylation sites (tertiary alicyclic amines) is 1. The molecule has 0 radical (unpaired) electrons. The number of carbonyl (C=O) groups excluding carboxylic acids is 3. The molecule has 1 aromatic heterocycles. The van der Waals surface area contributed by atoms with Gasteiger partial charge >= 0.3 is 0 Å². The Morgan fingerprint density at radius 3 is 2.14 bits per heavy atom. The van der Waals surface area contributed by atoms with Crippen molar-refractivity contribution in [3.05, 3.63) is 84.6 Å². The zero-order valence-corrected chi connectivity index (χ0v) is 21.2. The summed E-state index contributed by atoms with van der Waals surface area (Å²) in [5.41, 5.74) is 3.49. The van der Waals surface area contributed by atoms with E-state index in [-0.39, 0.29) is 42.0 Å². The SMILES string of the molecule is CC(C)CC(C(=O)NCc1cn(-c2ccccc2)nc1-c1ccccc1)N1C(=O)C2CC=CCC2C1=O. The number of allylic oxidation sites excluding steroid dienone is 2. The van der Waals surface area contributed by atoms with Crippen LogP contribution in [0, 0.1) is 17.8 Å². The van der Waals surface area contributed by atoms with E-state index < -0.39 is 6.04 Å². The second kappa shape index (κ2) is 10.5. The molecule has 1 N–H and O–H groups in total. The summed E-state index contributed by atoms with van der Waals surface area (Å²) < 4.78 is 1.81. The number of hydrogen-bond acceptors (Lipinski definition) is 4. The largest absolute Gasteiger partial charge is 0.350 e. The van der Waals surface area contributed by atoms with Crippen LogP contribution in [0.1, 0.15) is 38.7 Å². The lowest BCUT2D eigenvalue weighted by Crippen LogP contribution is -2.50. The van der Waals surface area contributed by atoms with Crippen molar-refractivity contribution >= 4 is 17.7 Å². The highest BCUT2D eigenvalue weighted by molar-refractivity contribution is 6.08. The Morgan fingerprint density at radius 2 is 1.54 bits per heavy atom. The molecule has 1 saturated heterocycles. The Labute approximate surface area is 217 Å². The molecule has 3 aromatic rings. The minimum Gasteiger partial charge on any atom is -0.350 e. The molecule has 0 bridgehead atoms. The molecule has 5 rings (SSSR count). The highest BCUT2D eigenvalue weighted by Crippen LogP contribution is 2.37. The normalized spacial score (nSPS) is 19.8. The Kier molecular flexibility index (Phi) is 7.04. The van der Waals surface area contributed by atoms with Gasteiger partial charge in [-0.15, -0.1) is 0 Å². The predicted molar refractivity (Wildman–Crippen MR) is 141 cm³/mol. The molecular weight excluding hydrogens is 464 g/mol. The van der Waals surface area contributed by atoms with E-state index in [1.165, 1.54) is 4.90 Å². The first-order valence-corrected chi connectivity index (χ1v) is 12.9. The monoisotopic (exact) mass is 496 g/mol. The fourth-order valence-corrected chi connectivity index (χ4v) is 5.30. The van der Waals surface area contributed by atoms with Gasteiger partial charge in [0.15, 0.2) is 0 Å². The number of nitrogens with zero attached hydrogens (tertiary/aromatic N) is 3. The molecule has 37 heavy (non-hydrogen) atoms. The molecule has 0 saturated carbocycles. The third kappa shape index (κ3) is 4.99. The Bertz CT molecular complexity index is 1290. The van der Waals surface area contributed by atoms with E-state index in [9.17, 15) is 14.4 Å². The molecule has 1 fully saturated rings. The highest BCUT2D eigenvalue weighted by atomic mass is 16.2. The van der Waals surface area contributed by atoms with Gasteiger partial charge in [0.1, 0.15) is 6.04 Å². The number of aromatic nitrogens is 2. The average molecular weight is 497 g/mol. The van der Waals surface area contributed by atoms with E-state index in [2.05, 4.69) is 5.32 Å². The van der Waals surface area contributed by atoms with E-state index >= 15 is 0 Å². The molecule has 2 aromatic carbocycles. The fourth-order valence-electron chi connectivity index (χ4n) is 5.30. The lowest BCUT2D eigenvalue weighted by molar-refractivity contribution is -0.148. The molecule has 3 amide bonds. The maximum absolute atomic E-state index is 13.6. The number of nitrogens with one attached hydrogen (secondary N) is 1. The van der Waals surface area contributed by atoms with Crippen LogP contribution < -0.4 is 5.32 Å². The topological polar surface area (TPSA) is 84.3 Å². The van der Waals surface area contributed by atoms with Crippen LogP contribution in [-0.2, 0) is 20.9 Å². The van der Waals surface area contributed by atoms with Crippen LogP contribution in [0.15, 0.2) is 79.0 Å². The number of benzene rings is 2. The molecule has 1 aliphatic carbocycles. The second-order valence-electron chi connectivity index (χ2n) is 10.2. The number of hydrogen-bond donors (Lipinski definition) is 1. The molecule has 3 atom stereocenters. The number of rotatable bonds is 8. The number of amides is 3. The van der Waals surface area contributed by atoms with Crippen LogP contribution in [0.5, 0.6) is 0 Å². The van der Waals surface area contributed by atoms with Crippen molar-refractivity contribution in [2.24, 2.45) is 17.8 Å². The van der Waals surface area contributed by atoms with Gasteiger partial charge in [0.2, 0.25) is 17.7 Å². The zero-order chi connectivity index (χ0) is 25.9. The Balaban J connectivity index is 1.40. The van der Waals surface area contributed by atoms with Crippen LogP contribution in [-0.4, -0.2) is 38.4 Å². The molecule has 3 unspecified atom stereocenters. The summed E-state index contributed by atoms with van der Waals surface area (Å²) >= 11 is 0. The number of carbonyl (C=O) groups is 3. The summed E-state index contributed by atoms with van der Waals surface area (Å²) in [7, 11) is 0. The average Bonchev–Trinajstić information content (AvgIpc) is 3.46. The van der Waals surface area contributed by atoms with Gasteiger partial charge in [-0.2, -0.15) is 5.10 Å². The van der Waals surface area contributed by atoms with Crippen molar-refractivity contribution in [3.8, 4) is 16.9 Å². The van der Waals surface area contributed by atoms with Gasteiger partial charge in [-0.3, -0.25) is 19.3 Å². The summed E-state index contributed by atoms with van der Waals surface area (Å²) in [6.45, 7) is 4.23. The Hall–Kier alpha value is -4.00. The van der Waals surface area contributed by atoms with Gasteiger partial charge in [0, 0.05) is 23.9 Å². The minimum absolute atomic E-state index is 0.137. The first kappa shape index (κ1) is 24.7. The van der Waals surface area contributed by atoms with E-state index in [4.69, 9.17) is 5.10 Å². The summed E-state index contributed by atoms with van der Waals surface area (Å²) in [5.74, 6) is -1.32. The van der Waals surface area contributed by atoms with Gasteiger partial charge in [0.25, 0.3) is 0 Å². The smallest absolute Gasteiger partial charge is 0.243 e. The molecule has 0 spiro atoms. The van der Waals surface area contributed by atoms with Gasteiger partial charge in [-0.05, 0) is 37.3 Å². The first-order chi connectivity index (χ1) is 17.9. The van der Waals surface area contributed by atoms with Crippen molar-refractivity contribution in [1.82, 2.24) is 20.0 Å². The minimum atomic E-state index is -0.824. The van der Waals surface area contributed by atoms with E-state index in [1.54, 1.807) is 4.68 Å². The highest BCUT2D eigenvalue weighted by Gasteiger charge is 2.51. The van der Waals surface area contributed by atoms with Gasteiger partial charge in [0.05, 0.1) is 23.2 Å². The standard InChI is InChI=1S/C30H32N4O3/c1-20(2)17-26(34-29(36)24-15-9-10-16-25(24)30(34)37)28(35)31-18-22-19-33(23-13-7-4-8-14-23)32-27(22)21-11-5-3-6-12-21/h3-14,19-20,24-26H,15-18H2,1-2H3,(H,31,35). The summed E-state index contributed by atoms with van der Waals surface area (Å²) in [6.07, 6.45) is 7.38. The van der Waals surface area contributed by atoms with Crippen LogP contribution in [0.2, 0.25) is 0 Å². The lowest BCUT2D eigenvalue weighted by Gasteiger charge is -2.27. The van der Waals surface area contributed by atoms with Crippen LogP contribution in [0.25, 0.3) is 16.9 Å². The maximum atomic E-state index is 13.6. The third-order valence-electron chi connectivity index (χ3n) is 7.16. The number of imide groups is 1. The molecule has 7 heteroatoms. The van der Waals surface area contributed by atoms with Crippen LogP contribution in [0.3, 0.4) is 0 Å². The molecule has 190 valence electrons. The Morgan fingerprint density at radius 1 is 0.946 bits per heavy atom. The van der Waals surface area contributed by atoms with E-state index in [0.29, 0.717) is 19.3 Å². The van der Waals surface area contributed by atoms with Gasteiger partial charge in [-0.25, -0.2) is 4.68 Å². The molecular formula is C30H32N4O3. The zero-order valence-electron chi connectivity index (χ0n) is 21.2. The fraction of sp³-hybridized carbons (Fsp3) is 0.333. The molecule has 2 aliphatic rings. The van der Waals surface area contributed by atoms with E-state index in [0.717, 1.165) is 22.5 Å². The summed E-state index contributed by atoms with van der Waals surface area (Å²) in [4.78, 5) is 41.3. The summed E-state index contributed by atoms with van der Waals surface area (Å²) in [5, 5.41) is 7.84. The number of para-hydroxylation sites is 1. The van der Waals surface area contributed by atoms with Crippen LogP contribution in [0.4, 0.5) is 0 Å². The van der Waals surface area contributed by atoms with Crippen molar-refractivity contribution in [3.63, 3.8) is 0 Å². The van der Waals surface area contributed by atoms with Gasteiger partial charge in [-0.1, -0.05) is 74.5 Å². The number of fused-ring (bicyclic) bond motifs is 1. The first-order valence-electron chi connectivity index (χ1n) is 12.9. The van der Waals surface area contributed by atoms with Crippen molar-refractivity contribution in [2.45, 2.75) is 45.7 Å². The van der Waals surface area contributed by atoms with Gasteiger partial charge < -0.3 is 5.32 Å². The van der Waals surface area contributed by atoms with Crippen molar-refractivity contribution in [2.75, 3.05) is 0 Å². The third-order valence-corrected chi connectivity index (χ3v) is 7.16. The summed E-state index contributed by atoms with van der Waals surface area (Å²) in [6, 6.07) is 18.8. The molecule has 1 aliphatic heterocycles. The van der Waals surface area contributed by atoms with E-state index in [1.807, 2.05) is 92.9 Å². The lowest BCUT2D eigenvalue weighted by atomic mass is 9.85. The quantitative estimate of drug-likeness (QED) is 0.367. The second-order valence-corrected chi connectivity index (χ2v) is 10.2. The van der Waals surface area contributed by atoms with Crippen molar-refractivity contribution in [1.29, 1.82) is 0 Å². The van der Waals surface area contributed by atoms with Crippen LogP contribution >= 0.6 is 0 Å². The molecule has 7 nitrogen and oxygen atoms in total. The predicted octanol–water partition coefficient (Wildman–Crippen LogP) is 4.52. The van der Waals surface area contributed by atoms with Crippen molar-refractivity contribution < 1.29 is 14.4 Å². The molecule has 2 heterocycles.